The van der Waals surface area contributed by atoms with E-state index in [2.05, 4.69) is 9.97 Å². The van der Waals surface area contributed by atoms with Crippen LogP contribution in [0.5, 0.6) is 0 Å². The summed E-state index contributed by atoms with van der Waals surface area (Å²) in [6.45, 7) is 0.489. The van der Waals surface area contributed by atoms with Gasteiger partial charge in [-0.05, 0) is 40.1 Å². The molecule has 0 saturated carbocycles. The van der Waals surface area contributed by atoms with Gasteiger partial charge in [0.05, 0.1) is 18.6 Å². The molecular weight excluding hydrogens is 376 g/mol. The summed E-state index contributed by atoms with van der Waals surface area (Å²) in [4.78, 5) is 34.8. The van der Waals surface area contributed by atoms with E-state index < -0.39 is 5.56 Å². The fraction of sp³-hybridized carbons (Fsp3) is 0.0833. The molecule has 6 heteroatoms. The second kappa shape index (κ2) is 7.40. The van der Waals surface area contributed by atoms with Crippen LogP contribution in [0, 0.1) is 0 Å². The van der Waals surface area contributed by atoms with Gasteiger partial charge >= 0.3 is 5.69 Å². The quantitative estimate of drug-likeness (QED) is 0.469. The minimum absolute atomic E-state index is 0.146. The van der Waals surface area contributed by atoms with Crippen molar-refractivity contribution in [1.82, 2.24) is 19.1 Å². The molecule has 6 nitrogen and oxygen atoms in total. The molecule has 0 unspecified atom stereocenters. The Bertz CT molecular complexity index is 1480. The number of hydrogen-bond donors (Lipinski definition) is 0. The van der Waals surface area contributed by atoms with Gasteiger partial charge in [0, 0.05) is 18.6 Å². The third-order valence-corrected chi connectivity index (χ3v) is 5.26. The number of hydrogen-bond acceptors (Lipinski definition) is 4. The van der Waals surface area contributed by atoms with E-state index in [0.717, 1.165) is 21.9 Å². The largest absolute Gasteiger partial charge is 0.332 e. The monoisotopic (exact) mass is 394 g/mol. The van der Waals surface area contributed by atoms with Gasteiger partial charge < -0.3 is 0 Å². The Kier molecular flexibility index (Phi) is 4.44. The third-order valence-electron chi connectivity index (χ3n) is 5.26. The highest BCUT2D eigenvalue weighted by Gasteiger charge is 2.15. The lowest BCUT2D eigenvalue weighted by Gasteiger charge is -2.15. The van der Waals surface area contributed by atoms with Crippen LogP contribution >= 0.6 is 0 Å². The number of pyridine rings is 2. The highest BCUT2D eigenvalue weighted by molar-refractivity contribution is 5.85. The molecule has 0 aliphatic heterocycles. The molecule has 0 bridgehead atoms. The molecular formula is C24H18N4O2. The van der Waals surface area contributed by atoms with E-state index in [-0.39, 0.29) is 17.8 Å². The number of nitrogens with zero attached hydrogens (tertiary/aromatic N) is 4. The lowest BCUT2D eigenvalue weighted by molar-refractivity contribution is 0.633. The Morgan fingerprint density at radius 1 is 0.767 bits per heavy atom. The fourth-order valence-corrected chi connectivity index (χ4v) is 3.81. The molecule has 0 N–H and O–H groups in total. The smallest absolute Gasteiger partial charge is 0.287 e. The van der Waals surface area contributed by atoms with Gasteiger partial charge in [-0.15, -0.1) is 0 Å². The predicted molar refractivity (Wildman–Crippen MR) is 117 cm³/mol. The van der Waals surface area contributed by atoms with Crippen LogP contribution in [0.15, 0.2) is 94.9 Å². The fourth-order valence-electron chi connectivity index (χ4n) is 3.81. The van der Waals surface area contributed by atoms with E-state index in [0.29, 0.717) is 12.1 Å². The molecule has 3 heterocycles. The van der Waals surface area contributed by atoms with E-state index in [1.165, 1.54) is 4.57 Å². The maximum Gasteiger partial charge on any atom is 0.332 e. The van der Waals surface area contributed by atoms with Gasteiger partial charge in [0.2, 0.25) is 0 Å². The normalized spacial score (nSPS) is 11.2. The summed E-state index contributed by atoms with van der Waals surface area (Å²) in [7, 11) is 0. The first-order valence-electron chi connectivity index (χ1n) is 9.66. The molecule has 0 spiro atoms. The highest BCUT2D eigenvalue weighted by atomic mass is 16.2. The SMILES string of the molecule is O=c1c2ncccc2n(Cc2cccc3ccccc23)c(=O)n1Cc1cccnc1. The minimum atomic E-state index is -0.395. The van der Waals surface area contributed by atoms with E-state index in [1.807, 2.05) is 48.5 Å². The summed E-state index contributed by atoms with van der Waals surface area (Å²) in [5.74, 6) is 0. The van der Waals surface area contributed by atoms with Gasteiger partial charge in [0.25, 0.3) is 5.56 Å². The zero-order valence-corrected chi connectivity index (χ0v) is 16.1. The maximum atomic E-state index is 13.4. The molecule has 0 aliphatic rings. The second-order valence-electron chi connectivity index (χ2n) is 7.13. The molecule has 146 valence electrons. The Balaban J connectivity index is 1.73. The molecule has 0 saturated heterocycles. The minimum Gasteiger partial charge on any atom is -0.287 e. The van der Waals surface area contributed by atoms with Crippen LogP contribution in [0.1, 0.15) is 11.1 Å². The van der Waals surface area contributed by atoms with Crippen LogP contribution in [0.25, 0.3) is 21.8 Å². The molecule has 30 heavy (non-hydrogen) atoms. The number of rotatable bonds is 4. The topological polar surface area (TPSA) is 69.8 Å². The van der Waals surface area contributed by atoms with Crippen molar-refractivity contribution in [3.05, 3.63) is 117 Å². The van der Waals surface area contributed by atoms with Crippen LogP contribution in [-0.4, -0.2) is 19.1 Å². The summed E-state index contributed by atoms with van der Waals surface area (Å²) in [6, 6.07) is 21.2. The van der Waals surface area contributed by atoms with Crippen LogP contribution in [0.4, 0.5) is 0 Å². The van der Waals surface area contributed by atoms with Gasteiger partial charge in [-0.3, -0.25) is 18.9 Å². The van der Waals surface area contributed by atoms with Gasteiger partial charge in [0.1, 0.15) is 0 Å². The number of fused-ring (bicyclic) bond motifs is 2. The lowest BCUT2D eigenvalue weighted by atomic mass is 10.0. The molecule has 5 aromatic rings. The van der Waals surface area contributed by atoms with Crippen molar-refractivity contribution in [3.8, 4) is 0 Å². The zero-order valence-electron chi connectivity index (χ0n) is 16.1. The average Bonchev–Trinajstić information content (AvgIpc) is 2.80. The van der Waals surface area contributed by atoms with Crippen molar-refractivity contribution in [1.29, 1.82) is 0 Å². The van der Waals surface area contributed by atoms with Gasteiger partial charge in [-0.1, -0.05) is 48.5 Å². The Morgan fingerprint density at radius 2 is 1.60 bits per heavy atom. The molecule has 0 radical (unpaired) electrons. The molecule has 3 aromatic heterocycles. The first-order chi connectivity index (χ1) is 14.7. The van der Waals surface area contributed by atoms with Crippen molar-refractivity contribution in [2.24, 2.45) is 0 Å². The van der Waals surface area contributed by atoms with Crippen LogP contribution in [0.3, 0.4) is 0 Å². The summed E-state index contributed by atoms with van der Waals surface area (Å²) >= 11 is 0. The predicted octanol–water partition coefficient (Wildman–Crippen LogP) is 3.20. The molecule has 2 aromatic carbocycles. The van der Waals surface area contributed by atoms with Crippen molar-refractivity contribution >= 4 is 21.8 Å². The number of aromatic nitrogens is 4. The maximum absolute atomic E-state index is 13.4. The molecule has 5 rings (SSSR count). The first-order valence-corrected chi connectivity index (χ1v) is 9.66. The molecule has 0 atom stereocenters. The van der Waals surface area contributed by atoms with Crippen LogP contribution in [0.2, 0.25) is 0 Å². The lowest BCUT2D eigenvalue weighted by Crippen LogP contribution is -2.40. The van der Waals surface area contributed by atoms with Gasteiger partial charge in [-0.25, -0.2) is 9.78 Å². The highest BCUT2D eigenvalue weighted by Crippen LogP contribution is 2.20. The van der Waals surface area contributed by atoms with Gasteiger partial charge in [-0.2, -0.15) is 0 Å². The van der Waals surface area contributed by atoms with Crippen molar-refractivity contribution in [2.75, 3.05) is 0 Å². The third kappa shape index (κ3) is 3.08. The summed E-state index contributed by atoms with van der Waals surface area (Å²) in [5, 5.41) is 2.18. The van der Waals surface area contributed by atoms with Crippen molar-refractivity contribution < 1.29 is 0 Å². The first kappa shape index (κ1) is 18.0. The van der Waals surface area contributed by atoms with Gasteiger partial charge in [0.15, 0.2) is 5.52 Å². The Morgan fingerprint density at radius 3 is 2.47 bits per heavy atom. The van der Waals surface area contributed by atoms with E-state index in [4.69, 9.17) is 0 Å². The standard InChI is InChI=1S/C24H18N4O2/c29-23-22-21(11-5-13-26-22)27(24(30)28(23)15-17-6-4-12-25-14-17)16-19-9-3-8-18-7-1-2-10-20(18)19/h1-14H,15-16H2. The molecule has 0 amide bonds. The summed E-state index contributed by atoms with van der Waals surface area (Å²) < 4.78 is 2.86. The Hall–Kier alpha value is -4.06. The Labute approximate surface area is 171 Å². The average molecular weight is 394 g/mol. The van der Waals surface area contributed by atoms with Crippen LogP contribution in [-0.2, 0) is 13.1 Å². The van der Waals surface area contributed by atoms with Crippen molar-refractivity contribution in [2.45, 2.75) is 13.1 Å². The van der Waals surface area contributed by atoms with Crippen LogP contribution < -0.4 is 11.2 Å². The molecule has 0 aliphatic carbocycles. The number of benzene rings is 2. The summed E-state index contributed by atoms with van der Waals surface area (Å²) in [6.07, 6.45) is 4.89. The van der Waals surface area contributed by atoms with E-state index >= 15 is 0 Å². The van der Waals surface area contributed by atoms with Crippen molar-refractivity contribution in [3.63, 3.8) is 0 Å². The molecule has 0 fully saturated rings. The van der Waals surface area contributed by atoms with E-state index in [9.17, 15) is 9.59 Å². The summed E-state index contributed by atoms with van der Waals surface area (Å²) in [5.41, 5.74) is 1.84. The van der Waals surface area contributed by atoms with E-state index in [1.54, 1.807) is 41.4 Å². The second-order valence-corrected chi connectivity index (χ2v) is 7.13. The zero-order chi connectivity index (χ0) is 20.5.